The van der Waals surface area contributed by atoms with E-state index < -0.39 is 12.1 Å². The van der Waals surface area contributed by atoms with Gasteiger partial charge in [0.05, 0.1) is 12.1 Å². The van der Waals surface area contributed by atoms with Gasteiger partial charge in [0.25, 0.3) is 0 Å². The maximum Gasteiger partial charge on any atom is 0.226 e. The van der Waals surface area contributed by atoms with Crippen molar-refractivity contribution in [3.8, 4) is 0 Å². The van der Waals surface area contributed by atoms with E-state index in [1.54, 1.807) is 0 Å². The second-order valence-corrected chi connectivity index (χ2v) is 9.13. The normalized spacial score (nSPS) is 47.6. The second-order valence-electron chi connectivity index (χ2n) is 9.13. The van der Waals surface area contributed by atoms with Gasteiger partial charge in [0.1, 0.15) is 12.4 Å². The smallest absolute Gasteiger partial charge is 0.226 e. The number of nitrogens with one attached hydrogen (secondary N) is 4. The zero-order valence-electron chi connectivity index (χ0n) is 16.5. The lowest BCUT2D eigenvalue weighted by Gasteiger charge is -2.37. The van der Waals surface area contributed by atoms with Crippen LogP contribution in [-0.2, 0) is 9.63 Å². The van der Waals surface area contributed by atoms with E-state index in [0.29, 0.717) is 30.7 Å². The van der Waals surface area contributed by atoms with Crippen LogP contribution in [0.2, 0.25) is 0 Å². The van der Waals surface area contributed by atoms with Gasteiger partial charge in [-0.15, -0.1) is 0 Å². The van der Waals surface area contributed by atoms with Gasteiger partial charge in [-0.1, -0.05) is 6.92 Å². The molecule has 6 nitrogen and oxygen atoms in total. The molecule has 2 heterocycles. The third-order valence-corrected chi connectivity index (χ3v) is 7.36. The predicted octanol–water partition coefficient (Wildman–Crippen LogP) is 1.82. The molecule has 4 aliphatic rings. The summed E-state index contributed by atoms with van der Waals surface area (Å²) >= 11 is 0. The summed E-state index contributed by atoms with van der Waals surface area (Å²) in [7, 11) is 0. The van der Waals surface area contributed by atoms with Crippen LogP contribution >= 0.6 is 0 Å². The summed E-state index contributed by atoms with van der Waals surface area (Å²) in [5.41, 5.74) is 3.17. The first-order valence-electron chi connectivity index (χ1n) is 10.9. The summed E-state index contributed by atoms with van der Waals surface area (Å²) in [5, 5.41) is 9.89. The average molecular weight is 383 g/mol. The van der Waals surface area contributed by atoms with Crippen molar-refractivity contribution in [1.82, 2.24) is 21.4 Å². The molecule has 0 aromatic heterocycles. The van der Waals surface area contributed by atoms with Crippen LogP contribution in [0.1, 0.15) is 58.8 Å². The molecule has 1 amide bonds. The Morgan fingerprint density at radius 3 is 2.78 bits per heavy atom. The van der Waals surface area contributed by atoms with Gasteiger partial charge in [-0.2, -0.15) is 5.48 Å². The summed E-state index contributed by atoms with van der Waals surface area (Å²) in [4.78, 5) is 18.3. The van der Waals surface area contributed by atoms with Crippen molar-refractivity contribution in [3.05, 3.63) is 0 Å². The highest BCUT2D eigenvalue weighted by Gasteiger charge is 2.44. The number of hydrogen-bond acceptors (Lipinski definition) is 5. The van der Waals surface area contributed by atoms with Crippen LogP contribution in [0.15, 0.2) is 0 Å². The van der Waals surface area contributed by atoms with Gasteiger partial charge >= 0.3 is 0 Å². The highest BCUT2D eigenvalue weighted by Crippen LogP contribution is 2.45. The highest BCUT2D eigenvalue weighted by atomic mass is 19.1. The monoisotopic (exact) mass is 382 g/mol. The maximum absolute atomic E-state index is 14.2. The first-order chi connectivity index (χ1) is 13.0. The van der Waals surface area contributed by atoms with E-state index >= 15 is 0 Å². The molecular formula is C20H35FN4O2. The minimum Gasteiger partial charge on any atom is -0.353 e. The standard InChI is InChI=1S/C20H35FN4O2/c1-3-18-24-19(25-27-18)13-4-6-14-12(9-13)5-7-17(14)23-20(26)15-8-11(2)22-10-16(15)21/h11-19,22,24-25H,3-10H2,1-2H3,(H,23,26)/t11?,12?,13?,14?,15?,16?,17-,18?,19?/m1/s1. The van der Waals surface area contributed by atoms with Gasteiger partial charge in [0, 0.05) is 18.6 Å². The first kappa shape index (κ1) is 19.6. The Hall–Kier alpha value is -0.760. The molecule has 2 saturated heterocycles. The summed E-state index contributed by atoms with van der Waals surface area (Å²) < 4.78 is 14.2. The van der Waals surface area contributed by atoms with Crippen molar-refractivity contribution in [2.24, 2.45) is 23.7 Å². The lowest BCUT2D eigenvalue weighted by molar-refractivity contribution is -0.129. The molecule has 7 heteroatoms. The summed E-state index contributed by atoms with van der Waals surface area (Å²) in [6.07, 6.45) is 6.50. The van der Waals surface area contributed by atoms with E-state index in [9.17, 15) is 9.18 Å². The Kier molecular flexibility index (Phi) is 6.02. The number of hydroxylamine groups is 1. The number of rotatable bonds is 4. The fourth-order valence-corrected chi connectivity index (χ4v) is 5.76. The van der Waals surface area contributed by atoms with Crippen molar-refractivity contribution < 1.29 is 14.0 Å². The number of amides is 1. The number of carbonyl (C=O) groups is 1. The molecule has 0 spiro atoms. The molecule has 4 fully saturated rings. The molecule has 9 atom stereocenters. The predicted molar refractivity (Wildman–Crippen MR) is 101 cm³/mol. The van der Waals surface area contributed by atoms with Gasteiger partial charge in [-0.25, -0.2) is 4.39 Å². The van der Waals surface area contributed by atoms with Crippen LogP contribution in [0.5, 0.6) is 0 Å². The Bertz CT molecular complexity index is 536. The minimum absolute atomic E-state index is 0.0677. The zero-order chi connectivity index (χ0) is 19.0. The number of piperidine rings is 1. The largest absolute Gasteiger partial charge is 0.353 e. The molecule has 8 unspecified atom stereocenters. The molecule has 0 aromatic rings. The Balaban J connectivity index is 1.30. The summed E-state index contributed by atoms with van der Waals surface area (Å²) in [6, 6.07) is 0.435. The number of hydrogen-bond donors (Lipinski definition) is 4. The van der Waals surface area contributed by atoms with Crippen molar-refractivity contribution in [2.45, 2.75) is 89.4 Å². The number of fused-ring (bicyclic) bond motifs is 1. The van der Waals surface area contributed by atoms with Crippen molar-refractivity contribution in [1.29, 1.82) is 0 Å². The fourth-order valence-electron chi connectivity index (χ4n) is 5.76. The van der Waals surface area contributed by atoms with Crippen molar-refractivity contribution in [2.75, 3.05) is 6.54 Å². The molecule has 2 aliphatic carbocycles. The second kappa shape index (κ2) is 8.31. The van der Waals surface area contributed by atoms with E-state index in [-0.39, 0.29) is 30.4 Å². The topological polar surface area (TPSA) is 74.4 Å². The Labute approximate surface area is 161 Å². The third-order valence-electron chi connectivity index (χ3n) is 7.36. The number of alkyl halides is 1. The summed E-state index contributed by atoms with van der Waals surface area (Å²) in [6.45, 7) is 4.44. The molecule has 4 N–H and O–H groups in total. The number of halogens is 1. The molecule has 0 bridgehead atoms. The van der Waals surface area contributed by atoms with E-state index in [1.165, 1.54) is 12.8 Å². The molecule has 154 valence electrons. The molecule has 2 aliphatic heterocycles. The van der Waals surface area contributed by atoms with Gasteiger partial charge in [0.15, 0.2) is 0 Å². The fraction of sp³-hybridized carbons (Fsp3) is 0.950. The van der Waals surface area contributed by atoms with Crippen LogP contribution in [0, 0.1) is 23.7 Å². The van der Waals surface area contributed by atoms with Crippen LogP contribution < -0.4 is 21.4 Å². The molecule has 4 rings (SSSR count). The van der Waals surface area contributed by atoms with Gasteiger partial charge < -0.3 is 10.6 Å². The Morgan fingerprint density at radius 2 is 2.00 bits per heavy atom. The number of carbonyl (C=O) groups excluding carboxylic acids is 1. The SMILES string of the molecule is CCC1NC(C2CCC3C(CC[C@H]3NC(=O)C3CC(C)NCC3F)C2)NO1. The van der Waals surface area contributed by atoms with E-state index in [4.69, 9.17) is 4.84 Å². The highest BCUT2D eigenvalue weighted by molar-refractivity contribution is 5.79. The van der Waals surface area contributed by atoms with Gasteiger partial charge in [-0.05, 0) is 69.6 Å². The molecular weight excluding hydrogens is 347 g/mol. The average Bonchev–Trinajstić information content (AvgIpc) is 3.30. The summed E-state index contributed by atoms with van der Waals surface area (Å²) in [5.74, 6) is 1.23. The zero-order valence-corrected chi connectivity index (χ0v) is 16.5. The van der Waals surface area contributed by atoms with Crippen LogP contribution in [0.25, 0.3) is 0 Å². The maximum atomic E-state index is 14.2. The molecule has 27 heavy (non-hydrogen) atoms. The van der Waals surface area contributed by atoms with Crippen LogP contribution in [0.4, 0.5) is 4.39 Å². The minimum atomic E-state index is -1.07. The van der Waals surface area contributed by atoms with E-state index in [2.05, 4.69) is 28.4 Å². The lowest BCUT2D eigenvalue weighted by atomic mass is 9.73. The van der Waals surface area contributed by atoms with Gasteiger partial charge in [-0.3, -0.25) is 14.9 Å². The Morgan fingerprint density at radius 1 is 1.19 bits per heavy atom. The van der Waals surface area contributed by atoms with E-state index in [1.807, 2.05) is 6.92 Å². The quantitative estimate of drug-likeness (QED) is 0.597. The van der Waals surface area contributed by atoms with Gasteiger partial charge in [0.2, 0.25) is 5.91 Å². The molecule has 2 saturated carbocycles. The molecule has 0 radical (unpaired) electrons. The van der Waals surface area contributed by atoms with Crippen molar-refractivity contribution in [3.63, 3.8) is 0 Å². The lowest BCUT2D eigenvalue weighted by Crippen LogP contribution is -2.52. The van der Waals surface area contributed by atoms with Crippen molar-refractivity contribution >= 4 is 5.91 Å². The van der Waals surface area contributed by atoms with Crippen LogP contribution in [-0.4, -0.2) is 43.1 Å². The van der Waals surface area contributed by atoms with E-state index in [0.717, 1.165) is 25.7 Å². The molecule has 0 aromatic carbocycles. The third kappa shape index (κ3) is 4.16. The van der Waals surface area contributed by atoms with Crippen LogP contribution in [0.3, 0.4) is 0 Å². The first-order valence-corrected chi connectivity index (χ1v) is 10.9.